The van der Waals surface area contributed by atoms with Crippen molar-refractivity contribution >= 4 is 0 Å². The summed E-state index contributed by atoms with van der Waals surface area (Å²) in [4.78, 5) is 0. The highest BCUT2D eigenvalue weighted by Gasteiger charge is 2.48. The van der Waals surface area contributed by atoms with E-state index in [-0.39, 0.29) is 0 Å². The summed E-state index contributed by atoms with van der Waals surface area (Å²) in [5, 5.41) is 27.3. The molecule has 0 aliphatic carbocycles. The summed E-state index contributed by atoms with van der Waals surface area (Å²) in [6.07, 6.45) is -2.71. The van der Waals surface area contributed by atoms with Crippen LogP contribution in [0.5, 0.6) is 0 Å². The van der Waals surface area contributed by atoms with Crippen LogP contribution in [0.4, 0.5) is 0 Å². The second-order valence-electron chi connectivity index (χ2n) is 2.81. The molecule has 0 aromatic carbocycles. The summed E-state index contributed by atoms with van der Waals surface area (Å²) in [6.45, 7) is 2.92. The van der Waals surface area contributed by atoms with E-state index >= 15 is 0 Å². The monoisotopic (exact) mass is 148 g/mol. The molecule has 0 amide bonds. The second kappa shape index (κ2) is 2.17. The van der Waals surface area contributed by atoms with E-state index in [2.05, 4.69) is 0 Å². The van der Waals surface area contributed by atoms with E-state index < -0.39 is 24.1 Å². The molecule has 4 nitrogen and oxygen atoms in total. The number of hydrogen-bond acceptors (Lipinski definition) is 4. The maximum absolute atomic E-state index is 9.17. The summed E-state index contributed by atoms with van der Waals surface area (Å²) in [5.41, 5.74) is 0. The van der Waals surface area contributed by atoms with E-state index in [9.17, 15) is 5.11 Å². The zero-order chi connectivity index (χ0) is 7.94. The van der Waals surface area contributed by atoms with Crippen molar-refractivity contribution in [3.8, 4) is 0 Å². The van der Waals surface area contributed by atoms with Gasteiger partial charge in [0.25, 0.3) is 0 Å². The van der Waals surface area contributed by atoms with Crippen LogP contribution in [0.2, 0.25) is 0 Å². The minimum absolute atomic E-state index is 0.509. The zero-order valence-corrected chi connectivity index (χ0v) is 5.98. The van der Waals surface area contributed by atoms with Crippen LogP contribution in [0.25, 0.3) is 0 Å². The maximum atomic E-state index is 9.17. The van der Waals surface area contributed by atoms with Crippen LogP contribution in [-0.2, 0) is 4.74 Å². The first kappa shape index (κ1) is 7.94. The van der Waals surface area contributed by atoms with E-state index in [1.807, 2.05) is 0 Å². The first-order chi connectivity index (χ1) is 4.45. The van der Waals surface area contributed by atoms with E-state index in [0.717, 1.165) is 0 Å². The maximum Gasteiger partial charge on any atom is 0.192 e. The van der Waals surface area contributed by atoms with Crippen LogP contribution in [0.15, 0.2) is 0 Å². The Hall–Kier alpha value is -0.160. The Morgan fingerprint density at radius 2 is 1.90 bits per heavy atom. The van der Waals surface area contributed by atoms with Crippen LogP contribution in [0.3, 0.4) is 0 Å². The van der Waals surface area contributed by atoms with Crippen molar-refractivity contribution in [2.45, 2.75) is 37.9 Å². The molecular weight excluding hydrogens is 136 g/mol. The molecular formula is C6H12O4. The van der Waals surface area contributed by atoms with Crippen molar-refractivity contribution in [3.05, 3.63) is 0 Å². The number of hydrogen-bond donors (Lipinski definition) is 3. The SMILES string of the molecule is C[C@H]1O[C@](C)(O)[C@H](O)[C@@H]1O. The standard InChI is InChI=1S/C6H12O4/c1-3-4(7)5(8)6(2,9)10-3/h3-5,7-9H,1-2H3/t3-,4-,5-,6+/m1/s1. The Morgan fingerprint density at radius 1 is 1.40 bits per heavy atom. The van der Waals surface area contributed by atoms with Gasteiger partial charge in [0.15, 0.2) is 5.79 Å². The Morgan fingerprint density at radius 3 is 2.00 bits per heavy atom. The molecule has 0 saturated carbocycles. The average molecular weight is 148 g/mol. The molecule has 0 bridgehead atoms. The van der Waals surface area contributed by atoms with Gasteiger partial charge in [0, 0.05) is 0 Å². The highest BCUT2D eigenvalue weighted by atomic mass is 16.7. The largest absolute Gasteiger partial charge is 0.387 e. The molecule has 1 heterocycles. The highest BCUT2D eigenvalue weighted by molar-refractivity contribution is 4.90. The molecule has 60 valence electrons. The van der Waals surface area contributed by atoms with Gasteiger partial charge in [-0.2, -0.15) is 0 Å². The molecule has 1 saturated heterocycles. The lowest BCUT2D eigenvalue weighted by Gasteiger charge is -2.19. The Balaban J connectivity index is 2.71. The molecule has 3 N–H and O–H groups in total. The van der Waals surface area contributed by atoms with Crippen LogP contribution < -0.4 is 0 Å². The quantitative estimate of drug-likeness (QED) is 0.405. The third-order valence-corrected chi connectivity index (χ3v) is 1.78. The molecule has 0 radical (unpaired) electrons. The fourth-order valence-corrected chi connectivity index (χ4v) is 1.09. The molecule has 0 spiro atoms. The van der Waals surface area contributed by atoms with Gasteiger partial charge in [0.1, 0.15) is 12.2 Å². The molecule has 0 aromatic heterocycles. The Bertz CT molecular complexity index is 134. The van der Waals surface area contributed by atoms with Gasteiger partial charge in [-0.15, -0.1) is 0 Å². The predicted octanol–water partition coefficient (Wildman–Crippen LogP) is -1.16. The third-order valence-electron chi connectivity index (χ3n) is 1.78. The van der Waals surface area contributed by atoms with E-state index in [1.54, 1.807) is 6.92 Å². The second-order valence-corrected chi connectivity index (χ2v) is 2.81. The van der Waals surface area contributed by atoms with Crippen LogP contribution in [0, 0.1) is 0 Å². The van der Waals surface area contributed by atoms with Crippen molar-refractivity contribution in [3.63, 3.8) is 0 Å². The molecule has 4 atom stereocenters. The van der Waals surface area contributed by atoms with Gasteiger partial charge < -0.3 is 20.1 Å². The normalized spacial score (nSPS) is 55.5. The Kier molecular flexibility index (Phi) is 1.72. The van der Waals surface area contributed by atoms with Gasteiger partial charge in [-0.05, 0) is 13.8 Å². The number of rotatable bonds is 0. The van der Waals surface area contributed by atoms with Crippen molar-refractivity contribution in [2.75, 3.05) is 0 Å². The van der Waals surface area contributed by atoms with Crippen LogP contribution in [-0.4, -0.2) is 39.4 Å². The first-order valence-electron chi connectivity index (χ1n) is 3.21. The molecule has 1 aliphatic heterocycles. The molecule has 1 fully saturated rings. The molecule has 10 heavy (non-hydrogen) atoms. The fraction of sp³-hybridized carbons (Fsp3) is 1.00. The van der Waals surface area contributed by atoms with Gasteiger partial charge in [0.2, 0.25) is 0 Å². The number of aliphatic hydroxyl groups is 3. The highest BCUT2D eigenvalue weighted by Crippen LogP contribution is 2.27. The molecule has 1 aliphatic rings. The summed E-state index contributed by atoms with van der Waals surface area (Å²) in [7, 11) is 0. The Labute approximate surface area is 59.1 Å². The topological polar surface area (TPSA) is 69.9 Å². The number of ether oxygens (including phenoxy) is 1. The fourth-order valence-electron chi connectivity index (χ4n) is 1.09. The lowest BCUT2D eigenvalue weighted by atomic mass is 10.1. The molecule has 0 unspecified atom stereocenters. The van der Waals surface area contributed by atoms with Crippen molar-refractivity contribution < 1.29 is 20.1 Å². The van der Waals surface area contributed by atoms with Crippen molar-refractivity contribution in [2.24, 2.45) is 0 Å². The summed E-state index contributed by atoms with van der Waals surface area (Å²) in [5.74, 6) is -1.60. The smallest absolute Gasteiger partial charge is 0.192 e. The molecule has 4 heteroatoms. The van der Waals surface area contributed by atoms with Crippen molar-refractivity contribution in [1.29, 1.82) is 0 Å². The summed E-state index contributed by atoms with van der Waals surface area (Å²) >= 11 is 0. The van der Waals surface area contributed by atoms with Gasteiger partial charge in [-0.25, -0.2) is 0 Å². The van der Waals surface area contributed by atoms with Crippen LogP contribution in [0.1, 0.15) is 13.8 Å². The predicted molar refractivity (Wildman–Crippen MR) is 33.2 cm³/mol. The van der Waals surface area contributed by atoms with Gasteiger partial charge >= 0.3 is 0 Å². The first-order valence-corrected chi connectivity index (χ1v) is 3.21. The minimum Gasteiger partial charge on any atom is -0.387 e. The molecule has 0 aromatic rings. The van der Waals surface area contributed by atoms with Gasteiger partial charge in [0.05, 0.1) is 6.10 Å². The van der Waals surface area contributed by atoms with Gasteiger partial charge in [-0.1, -0.05) is 0 Å². The van der Waals surface area contributed by atoms with E-state index in [1.165, 1.54) is 6.92 Å². The third kappa shape index (κ3) is 1.03. The summed E-state index contributed by atoms with van der Waals surface area (Å²) < 4.78 is 4.83. The van der Waals surface area contributed by atoms with E-state index in [4.69, 9.17) is 14.9 Å². The molecule has 1 rings (SSSR count). The average Bonchev–Trinajstić information content (AvgIpc) is 1.95. The number of aliphatic hydroxyl groups excluding tert-OH is 2. The van der Waals surface area contributed by atoms with Crippen LogP contribution >= 0.6 is 0 Å². The lowest BCUT2D eigenvalue weighted by Crippen LogP contribution is -2.40. The van der Waals surface area contributed by atoms with Gasteiger partial charge in [-0.3, -0.25) is 0 Å². The zero-order valence-electron chi connectivity index (χ0n) is 5.98. The lowest BCUT2D eigenvalue weighted by molar-refractivity contribution is -0.212. The van der Waals surface area contributed by atoms with E-state index in [0.29, 0.717) is 0 Å². The minimum atomic E-state index is -1.60. The van der Waals surface area contributed by atoms with Crippen molar-refractivity contribution in [1.82, 2.24) is 0 Å². The summed E-state index contributed by atoms with van der Waals surface area (Å²) in [6, 6.07) is 0.